The summed E-state index contributed by atoms with van der Waals surface area (Å²) in [6, 6.07) is 14.5. The predicted octanol–water partition coefficient (Wildman–Crippen LogP) is 5.50. The molecule has 2 saturated heterocycles. The van der Waals surface area contributed by atoms with Crippen LogP contribution in [0.3, 0.4) is 0 Å². The average molecular weight is 548 g/mol. The molecule has 2 unspecified atom stereocenters. The number of carbonyl (C=O) groups is 1. The Labute approximate surface area is 231 Å². The largest absolute Gasteiger partial charge is 0.355 e. The molecule has 0 bridgehead atoms. The second kappa shape index (κ2) is 11.1. The fourth-order valence-corrected chi connectivity index (χ4v) is 7.89. The summed E-state index contributed by atoms with van der Waals surface area (Å²) in [5.41, 5.74) is 6.00. The summed E-state index contributed by atoms with van der Waals surface area (Å²) in [7, 11) is -3.90. The maximum atomic E-state index is 13.9. The number of hydrogen-bond donors (Lipinski definition) is 0. The average Bonchev–Trinajstić information content (AvgIpc) is 3.56. The molecule has 7 nitrogen and oxygen atoms in total. The van der Waals surface area contributed by atoms with E-state index in [-0.39, 0.29) is 29.0 Å². The molecular weight excluding hydrogens is 510 g/mol. The molecule has 39 heavy (non-hydrogen) atoms. The minimum absolute atomic E-state index is 0.0563. The van der Waals surface area contributed by atoms with Crippen LogP contribution in [0.4, 0.5) is 0 Å². The quantitative estimate of drug-likeness (QED) is 0.407. The van der Waals surface area contributed by atoms with Gasteiger partial charge in [0.25, 0.3) is 0 Å². The van der Waals surface area contributed by atoms with Crippen LogP contribution in [0.5, 0.6) is 0 Å². The lowest BCUT2D eigenvalue weighted by Gasteiger charge is -2.33. The molecule has 2 atom stereocenters. The number of benzene rings is 2. The number of sulfonamides is 1. The van der Waals surface area contributed by atoms with Crippen LogP contribution in [0.2, 0.25) is 0 Å². The monoisotopic (exact) mass is 547 g/mol. The second-order valence-corrected chi connectivity index (χ2v) is 12.9. The zero-order chi connectivity index (χ0) is 27.7. The SMILES string of the molecule is Cc1cc(C)c(/C=C/c2onc(C)c2S(=O)(=O)N2CCCC(C(=O)N3CCC(c4ccccc4)C3)C2)c(C)c1. The van der Waals surface area contributed by atoms with Crippen LogP contribution >= 0.6 is 0 Å². The van der Waals surface area contributed by atoms with E-state index in [2.05, 4.69) is 36.3 Å². The van der Waals surface area contributed by atoms with Crippen LogP contribution in [-0.2, 0) is 14.8 Å². The molecular formula is C31H37N3O4S. The first-order valence-electron chi connectivity index (χ1n) is 13.7. The molecule has 5 rings (SSSR count). The molecule has 0 aliphatic carbocycles. The number of likely N-dealkylation sites (tertiary alicyclic amines) is 1. The molecule has 2 aliphatic rings. The summed E-state index contributed by atoms with van der Waals surface area (Å²) in [5, 5.41) is 4.00. The van der Waals surface area contributed by atoms with Crippen LogP contribution in [0.15, 0.2) is 51.9 Å². The van der Waals surface area contributed by atoms with Gasteiger partial charge in [0.05, 0.1) is 5.92 Å². The topological polar surface area (TPSA) is 83.7 Å². The first kappa shape index (κ1) is 27.3. The van der Waals surface area contributed by atoms with Crippen LogP contribution < -0.4 is 0 Å². The highest BCUT2D eigenvalue weighted by molar-refractivity contribution is 7.89. The van der Waals surface area contributed by atoms with Crippen molar-refractivity contribution >= 4 is 28.1 Å². The Kier molecular flexibility index (Phi) is 7.78. The minimum atomic E-state index is -3.90. The van der Waals surface area contributed by atoms with Gasteiger partial charge in [0.1, 0.15) is 5.69 Å². The van der Waals surface area contributed by atoms with Crippen molar-refractivity contribution < 1.29 is 17.7 Å². The molecule has 2 aromatic carbocycles. The molecule has 206 valence electrons. The Bertz CT molecular complexity index is 1470. The van der Waals surface area contributed by atoms with E-state index in [1.807, 2.05) is 43.0 Å². The van der Waals surface area contributed by atoms with Gasteiger partial charge < -0.3 is 9.42 Å². The van der Waals surface area contributed by atoms with Gasteiger partial charge in [-0.2, -0.15) is 4.31 Å². The fourth-order valence-electron chi connectivity index (χ4n) is 6.12. The molecule has 3 aromatic rings. The number of aryl methyl sites for hydroxylation is 4. The molecule has 2 fully saturated rings. The van der Waals surface area contributed by atoms with Gasteiger partial charge in [-0.25, -0.2) is 8.42 Å². The van der Waals surface area contributed by atoms with E-state index >= 15 is 0 Å². The molecule has 2 aliphatic heterocycles. The summed E-state index contributed by atoms with van der Waals surface area (Å²) >= 11 is 0. The summed E-state index contributed by atoms with van der Waals surface area (Å²) in [5.74, 6) is 0.250. The van der Waals surface area contributed by atoms with Crippen molar-refractivity contribution in [1.29, 1.82) is 0 Å². The van der Waals surface area contributed by atoms with Crippen LogP contribution in [0.25, 0.3) is 12.2 Å². The summed E-state index contributed by atoms with van der Waals surface area (Å²) in [6.45, 7) is 9.73. The lowest BCUT2D eigenvalue weighted by atomic mass is 9.97. The van der Waals surface area contributed by atoms with Gasteiger partial charge >= 0.3 is 0 Å². The van der Waals surface area contributed by atoms with Crippen molar-refractivity contribution in [3.05, 3.63) is 81.7 Å². The van der Waals surface area contributed by atoms with Gasteiger partial charge in [-0.1, -0.05) is 59.3 Å². The predicted molar refractivity (Wildman–Crippen MR) is 153 cm³/mol. The van der Waals surface area contributed by atoms with Gasteiger partial charge in [0.15, 0.2) is 10.7 Å². The van der Waals surface area contributed by atoms with Crippen LogP contribution in [-0.4, -0.2) is 54.9 Å². The van der Waals surface area contributed by atoms with E-state index < -0.39 is 10.0 Å². The number of rotatable bonds is 6. The van der Waals surface area contributed by atoms with E-state index in [0.29, 0.717) is 44.1 Å². The number of amides is 1. The van der Waals surface area contributed by atoms with E-state index in [9.17, 15) is 13.2 Å². The normalized spacial score (nSPS) is 20.7. The Morgan fingerprint density at radius 3 is 2.41 bits per heavy atom. The number of hydrogen-bond acceptors (Lipinski definition) is 5. The van der Waals surface area contributed by atoms with Crippen molar-refractivity contribution in [1.82, 2.24) is 14.4 Å². The molecule has 3 heterocycles. The lowest BCUT2D eigenvalue weighted by Crippen LogP contribution is -2.46. The molecule has 0 radical (unpaired) electrons. The summed E-state index contributed by atoms with van der Waals surface area (Å²) < 4.78 is 34.7. The number of nitrogens with zero attached hydrogens (tertiary/aromatic N) is 3. The van der Waals surface area contributed by atoms with Gasteiger partial charge in [-0.15, -0.1) is 0 Å². The van der Waals surface area contributed by atoms with Crippen molar-refractivity contribution in [2.45, 2.75) is 57.8 Å². The van der Waals surface area contributed by atoms with Gasteiger partial charge in [0.2, 0.25) is 15.9 Å². The molecule has 1 amide bonds. The Balaban J connectivity index is 1.33. The van der Waals surface area contributed by atoms with E-state index in [1.165, 1.54) is 15.4 Å². The molecule has 0 saturated carbocycles. The highest BCUT2D eigenvalue weighted by Crippen LogP contribution is 2.33. The number of piperidine rings is 1. The number of carbonyl (C=O) groups excluding carboxylic acids is 1. The van der Waals surface area contributed by atoms with Crippen LogP contribution in [0, 0.1) is 33.6 Å². The zero-order valence-electron chi connectivity index (χ0n) is 23.2. The molecule has 0 N–H and O–H groups in total. The second-order valence-electron chi connectivity index (χ2n) is 11.0. The third-order valence-corrected chi connectivity index (χ3v) is 10.1. The van der Waals surface area contributed by atoms with Gasteiger partial charge in [-0.3, -0.25) is 4.79 Å². The standard InChI is InChI=1S/C31H37N3O4S/c1-21-17-22(2)28(23(3)18-21)12-13-29-30(24(4)32-38-29)39(36,37)34-15-8-11-27(20-34)31(35)33-16-14-26(19-33)25-9-6-5-7-10-25/h5-7,9-10,12-13,17-18,26-27H,8,11,14-16,19-20H2,1-4H3/b13-12+. The molecule has 0 spiro atoms. The first-order chi connectivity index (χ1) is 18.6. The maximum absolute atomic E-state index is 13.9. The third kappa shape index (κ3) is 5.58. The van der Waals surface area contributed by atoms with E-state index in [0.717, 1.165) is 23.1 Å². The zero-order valence-corrected chi connectivity index (χ0v) is 24.0. The molecule has 8 heteroatoms. The van der Waals surface area contributed by atoms with Crippen molar-refractivity contribution in [2.75, 3.05) is 26.2 Å². The summed E-state index contributed by atoms with van der Waals surface area (Å²) in [6.07, 6.45) is 5.85. The summed E-state index contributed by atoms with van der Waals surface area (Å²) in [4.78, 5) is 15.5. The van der Waals surface area contributed by atoms with Gasteiger partial charge in [0, 0.05) is 32.1 Å². The Morgan fingerprint density at radius 2 is 1.69 bits per heavy atom. The van der Waals surface area contributed by atoms with Gasteiger partial charge in [-0.05, 0) is 75.3 Å². The maximum Gasteiger partial charge on any atom is 0.248 e. The molecule has 1 aromatic heterocycles. The highest BCUT2D eigenvalue weighted by Gasteiger charge is 2.39. The number of aromatic nitrogens is 1. The minimum Gasteiger partial charge on any atom is -0.355 e. The smallest absolute Gasteiger partial charge is 0.248 e. The van der Waals surface area contributed by atoms with Crippen molar-refractivity contribution in [3.63, 3.8) is 0 Å². The van der Waals surface area contributed by atoms with E-state index in [1.54, 1.807) is 13.0 Å². The third-order valence-electron chi connectivity index (χ3n) is 8.07. The Morgan fingerprint density at radius 1 is 0.974 bits per heavy atom. The highest BCUT2D eigenvalue weighted by atomic mass is 32.2. The Hall–Kier alpha value is -3.23. The van der Waals surface area contributed by atoms with Crippen molar-refractivity contribution in [2.24, 2.45) is 5.92 Å². The lowest BCUT2D eigenvalue weighted by molar-refractivity contribution is -0.135. The van der Waals surface area contributed by atoms with Crippen molar-refractivity contribution in [3.8, 4) is 0 Å². The van der Waals surface area contributed by atoms with E-state index in [4.69, 9.17) is 4.52 Å². The first-order valence-corrected chi connectivity index (χ1v) is 15.1. The fraction of sp³-hybridized carbons (Fsp3) is 0.419. The van der Waals surface area contributed by atoms with Crippen LogP contribution in [0.1, 0.15) is 64.5 Å².